The first-order valence-electron chi connectivity index (χ1n) is 5.77. The number of benzene rings is 1. The molecule has 1 aromatic rings. The third-order valence-electron chi connectivity index (χ3n) is 2.91. The summed E-state index contributed by atoms with van der Waals surface area (Å²) >= 11 is 3.39. The number of hydrogen-bond donors (Lipinski definition) is 2. The fourth-order valence-corrected chi connectivity index (χ4v) is 2.23. The Morgan fingerprint density at radius 1 is 1.17 bits per heavy atom. The van der Waals surface area contributed by atoms with Gasteiger partial charge >= 0.3 is 0 Å². The Balaban J connectivity index is 3.21. The number of aliphatic hydroxyl groups excluding tert-OH is 1. The second-order valence-corrected chi connectivity index (χ2v) is 5.34. The number of halogens is 1. The van der Waals surface area contributed by atoms with Crippen molar-refractivity contribution in [3.8, 4) is 11.5 Å². The fraction of sp³-hybridized carbons (Fsp3) is 0.538. The molecule has 0 aliphatic rings. The van der Waals surface area contributed by atoms with Gasteiger partial charge in [-0.3, -0.25) is 0 Å². The standard InChI is InChI=1S/C13H20BrNO3/c1-7(2)13(16)12(15)8-5-11(18-4)9(14)6-10(8)17-3/h5-7,12-13,16H,15H2,1-4H3/t12-,13+/m0/s1. The SMILES string of the molecule is COc1cc([C@H](N)[C@H](O)C(C)C)c(OC)cc1Br. The number of aliphatic hydroxyl groups is 1. The van der Waals surface area contributed by atoms with E-state index in [0.29, 0.717) is 11.5 Å². The van der Waals surface area contributed by atoms with Gasteiger partial charge in [0.25, 0.3) is 0 Å². The van der Waals surface area contributed by atoms with Gasteiger partial charge in [-0.15, -0.1) is 0 Å². The monoisotopic (exact) mass is 317 g/mol. The Labute approximate surface area is 116 Å². The Morgan fingerprint density at radius 3 is 2.17 bits per heavy atom. The summed E-state index contributed by atoms with van der Waals surface area (Å²) < 4.78 is 11.3. The Bertz CT molecular complexity index is 409. The molecule has 0 heterocycles. The van der Waals surface area contributed by atoms with Crippen LogP contribution >= 0.6 is 15.9 Å². The zero-order valence-electron chi connectivity index (χ0n) is 11.1. The van der Waals surface area contributed by atoms with Crippen LogP contribution in [0.5, 0.6) is 11.5 Å². The highest BCUT2D eigenvalue weighted by Gasteiger charge is 2.24. The van der Waals surface area contributed by atoms with Gasteiger partial charge in [-0.25, -0.2) is 0 Å². The lowest BCUT2D eigenvalue weighted by Gasteiger charge is -2.24. The third kappa shape index (κ3) is 3.16. The maximum Gasteiger partial charge on any atom is 0.133 e. The molecule has 0 amide bonds. The summed E-state index contributed by atoms with van der Waals surface area (Å²) in [7, 11) is 3.16. The van der Waals surface area contributed by atoms with Crippen molar-refractivity contribution in [3.63, 3.8) is 0 Å². The predicted octanol–water partition coefficient (Wildman–Crippen LogP) is 2.48. The number of rotatable bonds is 5. The van der Waals surface area contributed by atoms with Gasteiger partial charge < -0.3 is 20.3 Å². The van der Waals surface area contributed by atoms with Crippen LogP contribution in [0.2, 0.25) is 0 Å². The maximum absolute atomic E-state index is 10.1. The maximum atomic E-state index is 10.1. The average molecular weight is 318 g/mol. The molecule has 0 aromatic heterocycles. The van der Waals surface area contributed by atoms with E-state index >= 15 is 0 Å². The van der Waals surface area contributed by atoms with E-state index < -0.39 is 12.1 Å². The van der Waals surface area contributed by atoms with Crippen molar-refractivity contribution in [2.24, 2.45) is 11.7 Å². The largest absolute Gasteiger partial charge is 0.496 e. The highest BCUT2D eigenvalue weighted by molar-refractivity contribution is 9.10. The van der Waals surface area contributed by atoms with Crippen molar-refractivity contribution in [1.29, 1.82) is 0 Å². The van der Waals surface area contributed by atoms with E-state index in [1.54, 1.807) is 26.4 Å². The molecule has 0 fully saturated rings. The number of ether oxygens (including phenoxy) is 2. The number of nitrogens with two attached hydrogens (primary N) is 1. The van der Waals surface area contributed by atoms with Crippen LogP contribution in [-0.2, 0) is 0 Å². The molecule has 1 rings (SSSR count). The van der Waals surface area contributed by atoms with Crippen LogP contribution in [0, 0.1) is 5.92 Å². The molecule has 0 unspecified atom stereocenters. The Morgan fingerprint density at radius 2 is 1.72 bits per heavy atom. The Hall–Kier alpha value is -0.780. The first-order chi connectivity index (χ1) is 8.42. The molecule has 18 heavy (non-hydrogen) atoms. The Kier molecular flexibility index (Phi) is 5.44. The average Bonchev–Trinajstić information content (AvgIpc) is 2.36. The molecule has 0 bridgehead atoms. The third-order valence-corrected chi connectivity index (χ3v) is 3.53. The van der Waals surface area contributed by atoms with Gasteiger partial charge in [-0.1, -0.05) is 13.8 Å². The van der Waals surface area contributed by atoms with Crippen molar-refractivity contribution in [3.05, 3.63) is 22.2 Å². The molecule has 0 saturated carbocycles. The van der Waals surface area contributed by atoms with E-state index in [0.717, 1.165) is 10.0 Å². The molecule has 5 heteroatoms. The van der Waals surface area contributed by atoms with E-state index in [-0.39, 0.29) is 5.92 Å². The minimum Gasteiger partial charge on any atom is -0.496 e. The zero-order valence-corrected chi connectivity index (χ0v) is 12.7. The van der Waals surface area contributed by atoms with Crippen LogP contribution in [0.1, 0.15) is 25.5 Å². The summed E-state index contributed by atoms with van der Waals surface area (Å²) in [5.41, 5.74) is 6.82. The first kappa shape index (κ1) is 15.3. The van der Waals surface area contributed by atoms with Crippen LogP contribution < -0.4 is 15.2 Å². The highest BCUT2D eigenvalue weighted by Crippen LogP contribution is 2.36. The summed E-state index contributed by atoms with van der Waals surface area (Å²) in [6.45, 7) is 3.85. The molecule has 0 aliphatic carbocycles. The van der Waals surface area contributed by atoms with E-state index in [1.165, 1.54) is 0 Å². The molecular weight excluding hydrogens is 298 g/mol. The summed E-state index contributed by atoms with van der Waals surface area (Å²) in [5, 5.41) is 10.1. The minimum atomic E-state index is -0.634. The quantitative estimate of drug-likeness (QED) is 0.875. The van der Waals surface area contributed by atoms with Gasteiger partial charge in [0.1, 0.15) is 11.5 Å². The minimum absolute atomic E-state index is 0.0688. The van der Waals surface area contributed by atoms with Gasteiger partial charge in [0.05, 0.1) is 30.8 Å². The van der Waals surface area contributed by atoms with Gasteiger partial charge in [0, 0.05) is 5.56 Å². The van der Waals surface area contributed by atoms with Crippen molar-refractivity contribution in [1.82, 2.24) is 0 Å². The molecular formula is C13H20BrNO3. The summed E-state index contributed by atoms with van der Waals surface area (Å²) in [5.74, 6) is 1.37. The number of methoxy groups -OCH3 is 2. The topological polar surface area (TPSA) is 64.7 Å². The smallest absolute Gasteiger partial charge is 0.133 e. The first-order valence-corrected chi connectivity index (χ1v) is 6.56. The summed E-state index contributed by atoms with van der Waals surface area (Å²) in [4.78, 5) is 0. The molecule has 0 radical (unpaired) electrons. The van der Waals surface area contributed by atoms with E-state index in [2.05, 4.69) is 15.9 Å². The van der Waals surface area contributed by atoms with Crippen LogP contribution in [0.25, 0.3) is 0 Å². The van der Waals surface area contributed by atoms with Crippen LogP contribution in [0.15, 0.2) is 16.6 Å². The molecule has 0 saturated heterocycles. The van der Waals surface area contributed by atoms with Gasteiger partial charge in [0.15, 0.2) is 0 Å². The number of hydrogen-bond acceptors (Lipinski definition) is 4. The normalized spacial score (nSPS) is 14.4. The van der Waals surface area contributed by atoms with Crippen LogP contribution in [-0.4, -0.2) is 25.4 Å². The zero-order chi connectivity index (χ0) is 13.9. The van der Waals surface area contributed by atoms with Gasteiger partial charge in [0.2, 0.25) is 0 Å². The fourth-order valence-electron chi connectivity index (χ4n) is 1.74. The summed E-state index contributed by atoms with van der Waals surface area (Å²) in [6, 6.07) is 3.07. The lowest BCUT2D eigenvalue weighted by Crippen LogP contribution is -2.30. The second-order valence-electron chi connectivity index (χ2n) is 4.49. The van der Waals surface area contributed by atoms with Gasteiger partial charge in [-0.05, 0) is 34.0 Å². The molecule has 102 valence electrons. The summed E-state index contributed by atoms with van der Waals surface area (Å²) in [6.07, 6.45) is -0.634. The van der Waals surface area contributed by atoms with Gasteiger partial charge in [-0.2, -0.15) is 0 Å². The lowest BCUT2D eigenvalue weighted by molar-refractivity contribution is 0.0968. The molecule has 1 aromatic carbocycles. The second kappa shape index (κ2) is 6.41. The van der Waals surface area contributed by atoms with E-state index in [4.69, 9.17) is 15.2 Å². The van der Waals surface area contributed by atoms with E-state index in [9.17, 15) is 5.11 Å². The van der Waals surface area contributed by atoms with Crippen LogP contribution in [0.4, 0.5) is 0 Å². The molecule has 3 N–H and O–H groups in total. The van der Waals surface area contributed by atoms with Crippen molar-refractivity contribution < 1.29 is 14.6 Å². The molecule has 0 spiro atoms. The molecule has 4 nitrogen and oxygen atoms in total. The van der Waals surface area contributed by atoms with Crippen molar-refractivity contribution in [2.75, 3.05) is 14.2 Å². The van der Waals surface area contributed by atoms with Crippen molar-refractivity contribution >= 4 is 15.9 Å². The van der Waals surface area contributed by atoms with E-state index in [1.807, 2.05) is 13.8 Å². The predicted molar refractivity (Wildman–Crippen MR) is 75.0 cm³/mol. The molecule has 0 aliphatic heterocycles. The van der Waals surface area contributed by atoms with Crippen molar-refractivity contribution in [2.45, 2.75) is 26.0 Å². The van der Waals surface area contributed by atoms with Crippen LogP contribution in [0.3, 0.4) is 0 Å². The lowest BCUT2D eigenvalue weighted by atomic mass is 9.93. The highest BCUT2D eigenvalue weighted by atomic mass is 79.9. The molecule has 2 atom stereocenters.